The highest BCUT2D eigenvalue weighted by molar-refractivity contribution is 6.06. The van der Waals surface area contributed by atoms with E-state index in [1.54, 1.807) is 0 Å². The molecule has 3 rings (SSSR count). The Bertz CT molecular complexity index is 947. The largest absolute Gasteiger partial charge is 0.460 e. The Kier molecular flexibility index (Phi) is 6.81. The molecule has 0 aromatic carbocycles. The van der Waals surface area contributed by atoms with Crippen LogP contribution in [0.3, 0.4) is 0 Å². The fourth-order valence-corrected chi connectivity index (χ4v) is 4.00. The molecule has 33 heavy (non-hydrogen) atoms. The predicted molar refractivity (Wildman–Crippen MR) is 101 cm³/mol. The molecule has 0 aliphatic heterocycles. The molecule has 1 aromatic heterocycles. The summed E-state index contributed by atoms with van der Waals surface area (Å²) in [4.78, 5) is 24.2. The van der Waals surface area contributed by atoms with Crippen LogP contribution in [0.2, 0.25) is 0 Å². The molecule has 184 valence electrons. The number of alkyl halides is 7. The molecular weight excluding hydrogens is 463 g/mol. The van der Waals surface area contributed by atoms with Gasteiger partial charge in [0.05, 0.1) is 5.71 Å². The van der Waals surface area contributed by atoms with E-state index in [0.29, 0.717) is 18.4 Å². The number of halogens is 7. The molecule has 2 aliphatic rings. The molecule has 0 unspecified atom stereocenters. The SMILES string of the molecule is Cc1c(C(=O)NC2CCCCC2)oc2c1/C(=N/NC(=O)C(F)(F)C(F)(F)C(F)(F)F)CCC2. The first-order chi connectivity index (χ1) is 15.3. The number of nitrogens with one attached hydrogen (secondary N) is 2. The normalized spacial score (nSPS) is 19.3. The molecule has 6 nitrogen and oxygen atoms in total. The number of rotatable bonds is 5. The maximum atomic E-state index is 13.5. The van der Waals surface area contributed by atoms with Crippen LogP contribution >= 0.6 is 0 Å². The maximum absolute atomic E-state index is 13.5. The fraction of sp³-hybridized carbons (Fsp3) is 0.650. The van der Waals surface area contributed by atoms with E-state index in [1.165, 1.54) is 6.92 Å². The lowest BCUT2D eigenvalue weighted by atomic mass is 9.93. The highest BCUT2D eigenvalue weighted by atomic mass is 19.4. The van der Waals surface area contributed by atoms with Gasteiger partial charge in [-0.1, -0.05) is 19.3 Å². The van der Waals surface area contributed by atoms with Crippen LogP contribution in [-0.4, -0.2) is 41.6 Å². The third-order valence-electron chi connectivity index (χ3n) is 5.80. The molecule has 13 heteroatoms. The van der Waals surface area contributed by atoms with Gasteiger partial charge in [0.15, 0.2) is 5.76 Å². The third-order valence-corrected chi connectivity index (χ3v) is 5.80. The van der Waals surface area contributed by atoms with Gasteiger partial charge >= 0.3 is 23.9 Å². The monoisotopic (exact) mass is 485 g/mol. The number of hydrogen-bond donors (Lipinski definition) is 2. The zero-order valence-electron chi connectivity index (χ0n) is 17.6. The van der Waals surface area contributed by atoms with E-state index >= 15 is 0 Å². The Hall–Kier alpha value is -2.60. The van der Waals surface area contributed by atoms with E-state index in [1.807, 2.05) is 0 Å². The Balaban J connectivity index is 1.80. The first-order valence-corrected chi connectivity index (χ1v) is 10.4. The van der Waals surface area contributed by atoms with Crippen LogP contribution in [0, 0.1) is 6.92 Å². The summed E-state index contributed by atoms with van der Waals surface area (Å²) in [5, 5.41) is 6.25. The molecule has 1 heterocycles. The fourth-order valence-electron chi connectivity index (χ4n) is 4.00. The summed E-state index contributed by atoms with van der Waals surface area (Å²) in [6.07, 6.45) is -1.13. The molecule has 0 spiro atoms. The third kappa shape index (κ3) is 4.72. The second-order valence-corrected chi connectivity index (χ2v) is 8.16. The van der Waals surface area contributed by atoms with E-state index in [9.17, 15) is 40.3 Å². The van der Waals surface area contributed by atoms with Crippen LogP contribution in [0.25, 0.3) is 0 Å². The second-order valence-electron chi connectivity index (χ2n) is 8.16. The standard InChI is InChI=1S/C20H22F7N3O3/c1-10-14-12(29-30-17(32)18(21,22)19(23,24)20(25,26)27)8-5-9-13(14)33-15(10)16(31)28-11-6-3-2-4-7-11/h11H,2-9H2,1H3,(H,28,31)(H,30,32)/b29-12+. The van der Waals surface area contributed by atoms with E-state index in [-0.39, 0.29) is 35.3 Å². The molecule has 0 saturated heterocycles. The van der Waals surface area contributed by atoms with Gasteiger partial charge < -0.3 is 9.73 Å². The maximum Gasteiger partial charge on any atom is 0.460 e. The van der Waals surface area contributed by atoms with Gasteiger partial charge in [-0.15, -0.1) is 0 Å². The van der Waals surface area contributed by atoms with Crippen molar-refractivity contribution >= 4 is 17.5 Å². The van der Waals surface area contributed by atoms with E-state index in [2.05, 4.69) is 10.4 Å². The number of fused-ring (bicyclic) bond motifs is 1. The van der Waals surface area contributed by atoms with Crippen LogP contribution < -0.4 is 10.7 Å². The molecule has 0 bridgehead atoms. The number of hydrogen-bond acceptors (Lipinski definition) is 4. The molecular formula is C20H22F7N3O3. The van der Waals surface area contributed by atoms with Crippen molar-refractivity contribution in [3.63, 3.8) is 0 Å². The zero-order chi connectivity index (χ0) is 24.6. The van der Waals surface area contributed by atoms with Crippen molar-refractivity contribution in [3.8, 4) is 0 Å². The van der Waals surface area contributed by atoms with Gasteiger partial charge in [-0.25, -0.2) is 5.43 Å². The average Bonchev–Trinajstić information content (AvgIpc) is 3.09. The van der Waals surface area contributed by atoms with Gasteiger partial charge in [0.25, 0.3) is 5.91 Å². The number of amides is 2. The zero-order valence-corrected chi connectivity index (χ0v) is 17.6. The quantitative estimate of drug-likeness (QED) is 0.471. The van der Waals surface area contributed by atoms with Crippen LogP contribution in [-0.2, 0) is 11.2 Å². The molecule has 0 radical (unpaired) electrons. The van der Waals surface area contributed by atoms with Crippen molar-refractivity contribution in [1.29, 1.82) is 0 Å². The summed E-state index contributed by atoms with van der Waals surface area (Å²) < 4.78 is 95.7. The van der Waals surface area contributed by atoms with Gasteiger partial charge in [0.1, 0.15) is 5.76 Å². The van der Waals surface area contributed by atoms with Gasteiger partial charge in [-0.3, -0.25) is 9.59 Å². The Morgan fingerprint density at radius 1 is 0.970 bits per heavy atom. The van der Waals surface area contributed by atoms with Crippen LogP contribution in [0.15, 0.2) is 9.52 Å². The van der Waals surface area contributed by atoms with Gasteiger partial charge in [-0.05, 0) is 32.6 Å². The minimum atomic E-state index is -6.64. The summed E-state index contributed by atoms with van der Waals surface area (Å²) >= 11 is 0. The van der Waals surface area contributed by atoms with Crippen LogP contribution in [0.4, 0.5) is 30.7 Å². The van der Waals surface area contributed by atoms with Gasteiger partial charge in [0.2, 0.25) is 0 Å². The Labute approximate surface area is 184 Å². The highest BCUT2D eigenvalue weighted by Crippen LogP contribution is 2.46. The van der Waals surface area contributed by atoms with Crippen LogP contribution in [0.1, 0.15) is 72.4 Å². The van der Waals surface area contributed by atoms with Crippen molar-refractivity contribution in [1.82, 2.24) is 10.7 Å². The van der Waals surface area contributed by atoms with Crippen molar-refractivity contribution in [2.75, 3.05) is 0 Å². The smallest absolute Gasteiger partial charge is 0.455 e. The summed E-state index contributed by atoms with van der Waals surface area (Å²) in [5.41, 5.74) is 1.60. The lowest BCUT2D eigenvalue weighted by Crippen LogP contribution is -2.58. The minimum Gasteiger partial charge on any atom is -0.455 e. The number of carbonyl (C=O) groups excluding carboxylic acids is 2. The lowest BCUT2D eigenvalue weighted by Gasteiger charge is -2.26. The molecule has 0 atom stereocenters. The Morgan fingerprint density at radius 3 is 2.21 bits per heavy atom. The molecule has 2 aliphatic carbocycles. The number of nitrogens with zero attached hydrogens (tertiary/aromatic N) is 1. The molecule has 2 N–H and O–H groups in total. The number of hydrazone groups is 1. The molecule has 2 amide bonds. The van der Waals surface area contributed by atoms with Crippen molar-refractivity contribution in [2.24, 2.45) is 5.10 Å². The number of furan rings is 1. The van der Waals surface area contributed by atoms with E-state index in [4.69, 9.17) is 4.42 Å². The lowest BCUT2D eigenvalue weighted by molar-refractivity contribution is -0.344. The summed E-state index contributed by atoms with van der Waals surface area (Å²) in [7, 11) is 0. The molecule has 1 saturated carbocycles. The van der Waals surface area contributed by atoms with Gasteiger partial charge in [-0.2, -0.15) is 35.8 Å². The first kappa shape index (κ1) is 25.0. The second kappa shape index (κ2) is 8.98. The topological polar surface area (TPSA) is 83.7 Å². The van der Waals surface area contributed by atoms with E-state index < -0.39 is 29.8 Å². The minimum absolute atomic E-state index is 0.0160. The summed E-state index contributed by atoms with van der Waals surface area (Å²) in [5.74, 6) is -15.8. The summed E-state index contributed by atoms with van der Waals surface area (Å²) in [6, 6.07) is -0.0160. The number of carbonyl (C=O) groups is 2. The Morgan fingerprint density at radius 2 is 1.61 bits per heavy atom. The molecule has 1 fully saturated rings. The number of aryl methyl sites for hydroxylation is 1. The summed E-state index contributed by atoms with van der Waals surface area (Å²) in [6.45, 7) is 1.51. The van der Waals surface area contributed by atoms with Gasteiger partial charge in [0, 0.05) is 23.6 Å². The average molecular weight is 485 g/mol. The first-order valence-electron chi connectivity index (χ1n) is 10.4. The van der Waals surface area contributed by atoms with Crippen molar-refractivity contribution < 1.29 is 44.7 Å². The van der Waals surface area contributed by atoms with E-state index in [0.717, 1.165) is 37.5 Å². The highest BCUT2D eigenvalue weighted by Gasteiger charge is 2.76. The molecule has 1 aromatic rings. The predicted octanol–water partition coefficient (Wildman–Crippen LogP) is 4.64. The van der Waals surface area contributed by atoms with Crippen LogP contribution in [0.5, 0.6) is 0 Å². The van der Waals surface area contributed by atoms with Crippen molar-refractivity contribution in [2.45, 2.75) is 82.4 Å². The van der Waals surface area contributed by atoms with Crippen molar-refractivity contribution in [3.05, 3.63) is 22.6 Å².